The lowest BCUT2D eigenvalue weighted by atomic mass is 9.60. The first kappa shape index (κ1) is 20.9. The fraction of sp³-hybridized carbons (Fsp3) is 0.409. The molecule has 2 aliphatic rings. The van der Waals surface area contributed by atoms with E-state index in [9.17, 15) is 22.0 Å². The van der Waals surface area contributed by atoms with Crippen LogP contribution in [0.3, 0.4) is 0 Å². The first-order valence-electron chi connectivity index (χ1n) is 9.61. The standard InChI is InChI=1S/C22H21F3O4S/c1-21(2)17-12-29-20-16(25)8-7-15(24)19(20)22(17,10-9-18(21)26)30(27,28)14-5-3-13(11-23)4-6-14/h3-8,17H,9-12H2,1-2H3/t17-,22-/m0/s1. The fourth-order valence-corrected chi connectivity index (χ4v) is 7.36. The van der Waals surface area contributed by atoms with Crippen LogP contribution in [0.4, 0.5) is 13.2 Å². The van der Waals surface area contributed by atoms with Gasteiger partial charge in [0, 0.05) is 17.8 Å². The van der Waals surface area contributed by atoms with Gasteiger partial charge in [0.2, 0.25) is 0 Å². The number of fused-ring (bicyclic) bond motifs is 3. The summed E-state index contributed by atoms with van der Waals surface area (Å²) in [6.45, 7) is 2.22. The number of Topliss-reactive ketones (excluding diaryl/α,β-unsaturated/α-hetero) is 1. The van der Waals surface area contributed by atoms with E-state index in [0.717, 1.165) is 12.1 Å². The van der Waals surface area contributed by atoms with Crippen molar-refractivity contribution in [3.05, 3.63) is 59.2 Å². The van der Waals surface area contributed by atoms with Gasteiger partial charge in [0.25, 0.3) is 0 Å². The van der Waals surface area contributed by atoms with Gasteiger partial charge in [-0.05, 0) is 36.2 Å². The van der Waals surface area contributed by atoms with Crippen LogP contribution in [0.1, 0.15) is 37.8 Å². The number of benzene rings is 2. The molecular formula is C22H21F3O4S. The second-order valence-electron chi connectivity index (χ2n) is 8.41. The van der Waals surface area contributed by atoms with E-state index in [-0.39, 0.29) is 35.7 Å². The van der Waals surface area contributed by atoms with Crippen LogP contribution >= 0.6 is 0 Å². The van der Waals surface area contributed by atoms with Crippen LogP contribution in [0, 0.1) is 23.0 Å². The predicted octanol–water partition coefficient (Wildman–Crippen LogP) is 4.50. The summed E-state index contributed by atoms with van der Waals surface area (Å²) in [7, 11) is -4.32. The monoisotopic (exact) mass is 438 g/mol. The van der Waals surface area contributed by atoms with Gasteiger partial charge in [-0.25, -0.2) is 21.6 Å². The molecule has 8 heteroatoms. The van der Waals surface area contributed by atoms with Crippen molar-refractivity contribution < 1.29 is 31.1 Å². The van der Waals surface area contributed by atoms with Crippen LogP contribution in [-0.4, -0.2) is 20.8 Å². The molecule has 0 saturated heterocycles. The van der Waals surface area contributed by atoms with E-state index in [2.05, 4.69) is 0 Å². The fourth-order valence-electron chi connectivity index (χ4n) is 4.87. The van der Waals surface area contributed by atoms with E-state index in [1.54, 1.807) is 13.8 Å². The van der Waals surface area contributed by atoms with Gasteiger partial charge >= 0.3 is 0 Å². The number of carbonyl (C=O) groups excluding carboxylic acids is 1. The summed E-state index contributed by atoms with van der Waals surface area (Å²) >= 11 is 0. The first-order valence-corrected chi connectivity index (χ1v) is 11.1. The minimum atomic E-state index is -4.32. The van der Waals surface area contributed by atoms with Crippen LogP contribution in [0.2, 0.25) is 0 Å². The molecule has 0 bridgehead atoms. The van der Waals surface area contributed by atoms with Crippen molar-refractivity contribution in [1.29, 1.82) is 0 Å². The van der Waals surface area contributed by atoms with Crippen molar-refractivity contribution >= 4 is 15.6 Å². The van der Waals surface area contributed by atoms with E-state index < -0.39 is 50.0 Å². The highest BCUT2D eigenvalue weighted by atomic mass is 32.2. The van der Waals surface area contributed by atoms with Gasteiger partial charge in [0.05, 0.1) is 17.1 Å². The van der Waals surface area contributed by atoms with Crippen LogP contribution in [0.5, 0.6) is 5.75 Å². The number of sulfone groups is 1. The molecule has 2 atom stereocenters. The Kier molecular flexibility index (Phi) is 4.76. The quantitative estimate of drug-likeness (QED) is 0.708. The second-order valence-corrected chi connectivity index (χ2v) is 10.6. The molecule has 2 aromatic carbocycles. The Balaban J connectivity index is 2.06. The first-order chi connectivity index (χ1) is 14.1. The Morgan fingerprint density at radius 1 is 1.07 bits per heavy atom. The summed E-state index contributed by atoms with van der Waals surface area (Å²) in [4.78, 5) is 12.5. The van der Waals surface area contributed by atoms with Crippen LogP contribution < -0.4 is 4.74 Å². The molecule has 0 spiro atoms. The Labute approximate surface area is 173 Å². The molecule has 4 nitrogen and oxygen atoms in total. The zero-order chi connectivity index (χ0) is 21.9. The molecule has 160 valence electrons. The second kappa shape index (κ2) is 6.83. The normalized spacial score (nSPS) is 25.2. The van der Waals surface area contributed by atoms with Crippen molar-refractivity contribution in [2.24, 2.45) is 11.3 Å². The maximum Gasteiger partial charge on any atom is 0.188 e. The molecule has 1 fully saturated rings. The Bertz CT molecular complexity index is 1130. The minimum absolute atomic E-state index is 0.0965. The van der Waals surface area contributed by atoms with Crippen LogP contribution in [-0.2, 0) is 26.1 Å². The zero-order valence-electron chi connectivity index (χ0n) is 16.5. The number of alkyl halides is 1. The van der Waals surface area contributed by atoms with Gasteiger partial charge in [-0.3, -0.25) is 4.79 Å². The lowest BCUT2D eigenvalue weighted by Gasteiger charge is -2.53. The summed E-state index contributed by atoms with van der Waals surface area (Å²) in [6.07, 6.45) is -0.287. The largest absolute Gasteiger partial charge is 0.490 e. The molecule has 0 N–H and O–H groups in total. The highest BCUT2D eigenvalue weighted by molar-refractivity contribution is 7.92. The van der Waals surface area contributed by atoms with Crippen LogP contribution in [0.15, 0.2) is 41.3 Å². The van der Waals surface area contributed by atoms with Crippen LogP contribution in [0.25, 0.3) is 0 Å². The summed E-state index contributed by atoms with van der Waals surface area (Å²) in [5, 5.41) is 0. The molecule has 1 aliphatic carbocycles. The molecule has 0 aromatic heterocycles. The number of hydrogen-bond acceptors (Lipinski definition) is 4. The third-order valence-corrected chi connectivity index (χ3v) is 9.16. The van der Waals surface area contributed by atoms with E-state index in [0.29, 0.717) is 5.56 Å². The number of rotatable bonds is 3. The maximum absolute atomic E-state index is 15.1. The van der Waals surface area contributed by atoms with Gasteiger partial charge in [0.1, 0.15) is 23.0 Å². The van der Waals surface area contributed by atoms with E-state index in [4.69, 9.17) is 4.74 Å². The summed E-state index contributed by atoms with van der Waals surface area (Å²) < 4.78 is 74.2. The van der Waals surface area contributed by atoms with Gasteiger partial charge < -0.3 is 4.74 Å². The number of ether oxygens (including phenoxy) is 1. The molecule has 1 saturated carbocycles. The number of carbonyl (C=O) groups is 1. The third-order valence-electron chi connectivity index (χ3n) is 6.62. The molecule has 4 rings (SSSR count). The summed E-state index contributed by atoms with van der Waals surface area (Å²) in [5.74, 6) is -3.27. The maximum atomic E-state index is 15.1. The van der Waals surface area contributed by atoms with Gasteiger partial charge in [0.15, 0.2) is 21.4 Å². The minimum Gasteiger partial charge on any atom is -0.490 e. The predicted molar refractivity (Wildman–Crippen MR) is 103 cm³/mol. The van der Waals surface area contributed by atoms with E-state index in [1.807, 2.05) is 0 Å². The third kappa shape index (κ3) is 2.65. The molecular weight excluding hydrogens is 417 g/mol. The average molecular weight is 438 g/mol. The topological polar surface area (TPSA) is 60.4 Å². The lowest BCUT2D eigenvalue weighted by molar-refractivity contribution is -0.136. The van der Waals surface area contributed by atoms with Gasteiger partial charge in [-0.15, -0.1) is 0 Å². The molecule has 1 heterocycles. The summed E-state index contributed by atoms with van der Waals surface area (Å²) in [6, 6.07) is 7.01. The molecule has 2 aromatic rings. The van der Waals surface area contributed by atoms with Gasteiger partial charge in [-0.1, -0.05) is 26.0 Å². The molecule has 0 radical (unpaired) electrons. The molecule has 0 amide bonds. The highest BCUT2D eigenvalue weighted by Gasteiger charge is 2.65. The smallest absolute Gasteiger partial charge is 0.188 e. The molecule has 30 heavy (non-hydrogen) atoms. The van der Waals surface area contributed by atoms with Gasteiger partial charge in [-0.2, -0.15) is 0 Å². The number of ketones is 1. The highest BCUT2D eigenvalue weighted by Crippen LogP contribution is 2.60. The van der Waals surface area contributed by atoms with E-state index >= 15 is 4.39 Å². The Morgan fingerprint density at radius 3 is 2.33 bits per heavy atom. The van der Waals surface area contributed by atoms with E-state index in [1.165, 1.54) is 24.3 Å². The van der Waals surface area contributed by atoms with Crippen molar-refractivity contribution in [3.63, 3.8) is 0 Å². The van der Waals surface area contributed by atoms with Crippen molar-refractivity contribution in [3.8, 4) is 5.75 Å². The van der Waals surface area contributed by atoms with Crippen molar-refractivity contribution in [1.82, 2.24) is 0 Å². The SMILES string of the molecule is CC1(C)C(=O)CC[C@@]2(S(=O)(=O)c3ccc(CF)cc3)c3c(F)ccc(F)c3OC[C@@H]12. The number of hydrogen-bond donors (Lipinski definition) is 0. The number of halogens is 3. The average Bonchev–Trinajstić information content (AvgIpc) is 2.73. The summed E-state index contributed by atoms with van der Waals surface area (Å²) in [5.41, 5.74) is -1.21. The van der Waals surface area contributed by atoms with Crippen molar-refractivity contribution in [2.75, 3.05) is 6.61 Å². The van der Waals surface area contributed by atoms with Crippen molar-refractivity contribution in [2.45, 2.75) is 43.0 Å². The molecule has 0 unspecified atom stereocenters. The Hall–Kier alpha value is -2.35. The zero-order valence-corrected chi connectivity index (χ0v) is 17.4. The Morgan fingerprint density at radius 2 is 1.70 bits per heavy atom. The lowest BCUT2D eigenvalue weighted by Crippen LogP contribution is -2.59. The molecule has 1 aliphatic heterocycles.